The number of allylic oxidation sites excluding steroid dienone is 1. The van der Waals surface area contributed by atoms with Gasteiger partial charge < -0.3 is 5.11 Å². The summed E-state index contributed by atoms with van der Waals surface area (Å²) in [5.41, 5.74) is 1.02. The molecule has 18 heavy (non-hydrogen) atoms. The smallest absolute Gasteiger partial charge is 0.132 e. The number of aliphatic hydroxyl groups is 1. The summed E-state index contributed by atoms with van der Waals surface area (Å²) in [7, 11) is 0. The normalized spacial score (nSPS) is 20.4. The van der Waals surface area contributed by atoms with Crippen LogP contribution in [-0.4, -0.2) is 5.11 Å². The monoisotopic (exact) mass is 252 g/mol. The van der Waals surface area contributed by atoms with Gasteiger partial charge in [0, 0.05) is 11.6 Å². The average Bonchev–Trinajstić information content (AvgIpc) is 2.27. The summed E-state index contributed by atoms with van der Waals surface area (Å²) in [5.74, 6) is -1.31. The summed E-state index contributed by atoms with van der Waals surface area (Å²) in [6, 6.07) is 3.31. The van der Waals surface area contributed by atoms with E-state index in [2.05, 4.69) is 13.8 Å². The molecule has 2 rings (SSSR count). The van der Waals surface area contributed by atoms with Crippen molar-refractivity contribution in [3.05, 3.63) is 47.0 Å². The molecule has 0 spiro atoms. The minimum atomic E-state index is -0.967. The molecule has 1 aromatic carbocycles. The summed E-state index contributed by atoms with van der Waals surface area (Å²) in [5, 5.41) is 10.2. The molecule has 0 aromatic heterocycles. The molecule has 1 aliphatic carbocycles. The summed E-state index contributed by atoms with van der Waals surface area (Å²) in [6.07, 6.45) is 3.87. The van der Waals surface area contributed by atoms with Crippen molar-refractivity contribution in [2.24, 2.45) is 5.41 Å². The Balaban J connectivity index is 2.31. The third kappa shape index (κ3) is 2.78. The van der Waals surface area contributed by atoms with Crippen LogP contribution in [0.15, 0.2) is 29.8 Å². The number of hydrogen-bond acceptors (Lipinski definition) is 1. The van der Waals surface area contributed by atoms with E-state index in [0.29, 0.717) is 0 Å². The molecule has 0 heterocycles. The number of halogens is 2. The van der Waals surface area contributed by atoms with Gasteiger partial charge in [-0.15, -0.1) is 0 Å². The number of benzene rings is 1. The predicted molar refractivity (Wildman–Crippen MR) is 67.0 cm³/mol. The standard InChI is InChI=1S/C15H18F2O/c1-15(2)7-3-4-10(9-15)14(18)12-6-5-11(16)8-13(12)17/h5-6,8-9,14,18H,3-4,7H2,1-2H3. The number of rotatable bonds is 2. The molecule has 0 bridgehead atoms. The highest BCUT2D eigenvalue weighted by Gasteiger charge is 2.25. The molecule has 0 amide bonds. The highest BCUT2D eigenvalue weighted by molar-refractivity contribution is 5.29. The highest BCUT2D eigenvalue weighted by Crippen LogP contribution is 2.38. The Kier molecular flexibility index (Phi) is 3.53. The summed E-state index contributed by atoms with van der Waals surface area (Å²) in [6.45, 7) is 4.19. The molecule has 1 atom stereocenters. The minimum Gasteiger partial charge on any atom is -0.384 e. The van der Waals surface area contributed by atoms with Crippen LogP contribution in [-0.2, 0) is 0 Å². The molecule has 1 unspecified atom stereocenters. The molecule has 0 fully saturated rings. The van der Waals surface area contributed by atoms with Crippen LogP contribution < -0.4 is 0 Å². The number of aliphatic hydroxyl groups excluding tert-OH is 1. The first kappa shape index (κ1) is 13.2. The molecule has 1 nitrogen and oxygen atoms in total. The fourth-order valence-electron chi connectivity index (χ4n) is 2.53. The fourth-order valence-corrected chi connectivity index (χ4v) is 2.53. The van der Waals surface area contributed by atoms with Crippen LogP contribution in [0.5, 0.6) is 0 Å². The Hall–Kier alpha value is -1.22. The molecule has 98 valence electrons. The van der Waals surface area contributed by atoms with Gasteiger partial charge in [0.15, 0.2) is 0 Å². The first-order chi connectivity index (χ1) is 8.39. The highest BCUT2D eigenvalue weighted by atomic mass is 19.1. The minimum absolute atomic E-state index is 0.0328. The fraction of sp³-hybridized carbons (Fsp3) is 0.467. The van der Waals surface area contributed by atoms with Crippen LogP contribution in [0, 0.1) is 17.0 Å². The van der Waals surface area contributed by atoms with Gasteiger partial charge in [-0.2, -0.15) is 0 Å². The number of hydrogen-bond donors (Lipinski definition) is 1. The molecule has 3 heteroatoms. The maximum Gasteiger partial charge on any atom is 0.132 e. The Bertz CT molecular complexity index is 477. The summed E-state index contributed by atoms with van der Waals surface area (Å²) in [4.78, 5) is 0. The van der Waals surface area contributed by atoms with E-state index in [1.54, 1.807) is 0 Å². The Morgan fingerprint density at radius 2 is 2.00 bits per heavy atom. The van der Waals surface area contributed by atoms with Crippen molar-refractivity contribution < 1.29 is 13.9 Å². The van der Waals surface area contributed by atoms with E-state index in [1.807, 2.05) is 6.08 Å². The van der Waals surface area contributed by atoms with Gasteiger partial charge in [0.05, 0.1) is 0 Å². The van der Waals surface area contributed by atoms with Gasteiger partial charge in [-0.3, -0.25) is 0 Å². The maximum atomic E-state index is 13.6. The van der Waals surface area contributed by atoms with E-state index in [1.165, 1.54) is 12.1 Å². The molecule has 0 radical (unpaired) electrons. The van der Waals surface area contributed by atoms with Crippen molar-refractivity contribution in [1.82, 2.24) is 0 Å². The van der Waals surface area contributed by atoms with E-state index in [4.69, 9.17) is 0 Å². The molecule has 0 saturated heterocycles. The third-order valence-corrected chi connectivity index (χ3v) is 3.47. The SMILES string of the molecule is CC1(C)C=C(C(O)c2ccc(F)cc2F)CCC1. The van der Waals surface area contributed by atoms with Gasteiger partial charge in [-0.05, 0) is 36.3 Å². The van der Waals surface area contributed by atoms with Crippen molar-refractivity contribution in [2.75, 3.05) is 0 Å². The zero-order valence-electron chi connectivity index (χ0n) is 10.7. The molecule has 0 aliphatic heterocycles. The van der Waals surface area contributed by atoms with Gasteiger partial charge in [-0.1, -0.05) is 26.0 Å². The van der Waals surface area contributed by atoms with E-state index < -0.39 is 17.7 Å². The third-order valence-electron chi connectivity index (χ3n) is 3.47. The summed E-state index contributed by atoms with van der Waals surface area (Å²) < 4.78 is 26.5. The zero-order valence-corrected chi connectivity index (χ0v) is 10.7. The van der Waals surface area contributed by atoms with E-state index >= 15 is 0 Å². The van der Waals surface area contributed by atoms with Crippen LogP contribution in [0.1, 0.15) is 44.8 Å². The Morgan fingerprint density at radius 3 is 2.61 bits per heavy atom. The van der Waals surface area contributed by atoms with Gasteiger partial charge in [-0.25, -0.2) is 8.78 Å². The van der Waals surface area contributed by atoms with Crippen molar-refractivity contribution in [2.45, 2.75) is 39.2 Å². The molecule has 1 aliphatic rings. The molecular formula is C15H18F2O. The van der Waals surface area contributed by atoms with E-state index in [-0.39, 0.29) is 11.0 Å². The zero-order chi connectivity index (χ0) is 13.3. The van der Waals surface area contributed by atoms with Crippen LogP contribution >= 0.6 is 0 Å². The first-order valence-corrected chi connectivity index (χ1v) is 6.24. The van der Waals surface area contributed by atoms with Gasteiger partial charge >= 0.3 is 0 Å². The molecule has 1 N–H and O–H groups in total. The van der Waals surface area contributed by atoms with Gasteiger partial charge in [0.25, 0.3) is 0 Å². The van der Waals surface area contributed by atoms with Crippen molar-refractivity contribution in [3.8, 4) is 0 Å². The second-order valence-corrected chi connectivity index (χ2v) is 5.63. The molecule has 1 aromatic rings. The van der Waals surface area contributed by atoms with E-state index in [9.17, 15) is 13.9 Å². The Labute approximate surface area is 106 Å². The van der Waals surface area contributed by atoms with Crippen LogP contribution in [0.2, 0.25) is 0 Å². The summed E-state index contributed by atoms with van der Waals surface area (Å²) >= 11 is 0. The van der Waals surface area contributed by atoms with Crippen LogP contribution in [0.4, 0.5) is 8.78 Å². The lowest BCUT2D eigenvalue weighted by molar-refractivity contribution is 0.196. The topological polar surface area (TPSA) is 20.2 Å². The lowest BCUT2D eigenvalue weighted by Gasteiger charge is -2.29. The second kappa shape index (κ2) is 4.81. The molecular weight excluding hydrogens is 234 g/mol. The quantitative estimate of drug-likeness (QED) is 0.784. The largest absolute Gasteiger partial charge is 0.384 e. The van der Waals surface area contributed by atoms with Gasteiger partial charge in [0.1, 0.15) is 17.7 Å². The first-order valence-electron chi connectivity index (χ1n) is 6.24. The van der Waals surface area contributed by atoms with Crippen molar-refractivity contribution >= 4 is 0 Å². The lowest BCUT2D eigenvalue weighted by atomic mass is 9.77. The second-order valence-electron chi connectivity index (χ2n) is 5.63. The van der Waals surface area contributed by atoms with Crippen LogP contribution in [0.3, 0.4) is 0 Å². The van der Waals surface area contributed by atoms with Crippen molar-refractivity contribution in [1.29, 1.82) is 0 Å². The Morgan fingerprint density at radius 1 is 1.28 bits per heavy atom. The van der Waals surface area contributed by atoms with Crippen molar-refractivity contribution in [3.63, 3.8) is 0 Å². The van der Waals surface area contributed by atoms with Crippen LogP contribution in [0.25, 0.3) is 0 Å². The van der Waals surface area contributed by atoms with E-state index in [0.717, 1.165) is 30.9 Å². The lowest BCUT2D eigenvalue weighted by Crippen LogP contribution is -2.17. The predicted octanol–water partition coefficient (Wildman–Crippen LogP) is 4.13. The maximum absolute atomic E-state index is 13.6. The average molecular weight is 252 g/mol. The van der Waals surface area contributed by atoms with Gasteiger partial charge in [0.2, 0.25) is 0 Å². The molecule has 0 saturated carbocycles.